The molecule has 0 bridgehead atoms. The zero-order valence-electron chi connectivity index (χ0n) is 9.57. The first-order chi connectivity index (χ1) is 7.06. The Morgan fingerprint density at radius 1 is 1.20 bits per heavy atom. The van der Waals surface area contributed by atoms with E-state index in [1.54, 1.807) is 0 Å². The van der Waals surface area contributed by atoms with Crippen molar-refractivity contribution >= 4 is 17.3 Å². The van der Waals surface area contributed by atoms with E-state index in [2.05, 4.69) is 25.7 Å². The number of nitrogens with two attached hydrogens (primary N) is 1. The fourth-order valence-corrected chi connectivity index (χ4v) is 1.91. The Balaban J connectivity index is 2.94. The quantitative estimate of drug-likeness (QED) is 0.856. The van der Waals surface area contributed by atoms with Gasteiger partial charge in [0, 0.05) is 29.3 Å². The molecular formula is C12H19ClN2. The van der Waals surface area contributed by atoms with E-state index in [4.69, 9.17) is 17.3 Å². The van der Waals surface area contributed by atoms with Crippen LogP contribution in [0.25, 0.3) is 0 Å². The van der Waals surface area contributed by atoms with Crippen LogP contribution < -0.4 is 10.6 Å². The Kier molecular flexibility index (Phi) is 4.43. The topological polar surface area (TPSA) is 29.3 Å². The predicted molar refractivity (Wildman–Crippen MR) is 67.6 cm³/mol. The van der Waals surface area contributed by atoms with Gasteiger partial charge in [-0.3, -0.25) is 0 Å². The molecule has 0 spiro atoms. The summed E-state index contributed by atoms with van der Waals surface area (Å²) in [7, 11) is 0. The van der Waals surface area contributed by atoms with Crippen LogP contribution in [0.4, 0.5) is 5.69 Å². The van der Waals surface area contributed by atoms with Crippen LogP contribution in [0.1, 0.15) is 20.8 Å². The minimum absolute atomic E-state index is 0.339. The molecule has 84 valence electrons. The van der Waals surface area contributed by atoms with Crippen molar-refractivity contribution in [2.45, 2.75) is 32.9 Å². The average molecular weight is 227 g/mol. The summed E-state index contributed by atoms with van der Waals surface area (Å²) in [5, 5.41) is 0.767. The van der Waals surface area contributed by atoms with Crippen LogP contribution in [0.15, 0.2) is 24.3 Å². The first-order valence-corrected chi connectivity index (χ1v) is 5.68. The molecule has 15 heavy (non-hydrogen) atoms. The van der Waals surface area contributed by atoms with E-state index < -0.39 is 0 Å². The molecule has 0 amide bonds. The van der Waals surface area contributed by atoms with Crippen molar-refractivity contribution in [3.8, 4) is 0 Å². The fraction of sp³-hybridized carbons (Fsp3) is 0.500. The van der Waals surface area contributed by atoms with Crippen LogP contribution in [0.2, 0.25) is 5.02 Å². The molecule has 1 atom stereocenters. The number of rotatable bonds is 4. The molecular weight excluding hydrogens is 208 g/mol. The van der Waals surface area contributed by atoms with Crippen LogP contribution >= 0.6 is 11.6 Å². The van der Waals surface area contributed by atoms with E-state index in [1.165, 1.54) is 5.69 Å². The summed E-state index contributed by atoms with van der Waals surface area (Å²) < 4.78 is 0. The summed E-state index contributed by atoms with van der Waals surface area (Å²) in [6.07, 6.45) is 0. The van der Waals surface area contributed by atoms with E-state index >= 15 is 0 Å². The molecule has 2 nitrogen and oxygen atoms in total. The minimum Gasteiger partial charge on any atom is -0.365 e. The van der Waals surface area contributed by atoms with E-state index in [9.17, 15) is 0 Å². The van der Waals surface area contributed by atoms with E-state index in [-0.39, 0.29) is 0 Å². The first kappa shape index (κ1) is 12.3. The summed E-state index contributed by atoms with van der Waals surface area (Å²) in [6.45, 7) is 7.12. The lowest BCUT2D eigenvalue weighted by molar-refractivity contribution is 0.581. The Morgan fingerprint density at radius 2 is 1.73 bits per heavy atom. The van der Waals surface area contributed by atoms with Gasteiger partial charge in [-0.2, -0.15) is 0 Å². The SMILES string of the molecule is CC(C)N(c1ccc(Cl)cc1)C(C)CN. The van der Waals surface area contributed by atoms with Crippen molar-refractivity contribution < 1.29 is 0 Å². The van der Waals surface area contributed by atoms with E-state index in [0.717, 1.165) is 5.02 Å². The van der Waals surface area contributed by atoms with Gasteiger partial charge in [0.25, 0.3) is 0 Å². The number of anilines is 1. The molecule has 3 heteroatoms. The molecule has 1 aromatic rings. The highest BCUT2D eigenvalue weighted by Gasteiger charge is 2.15. The third-order valence-corrected chi connectivity index (χ3v) is 2.75. The highest BCUT2D eigenvalue weighted by atomic mass is 35.5. The van der Waals surface area contributed by atoms with Crippen molar-refractivity contribution in [1.29, 1.82) is 0 Å². The van der Waals surface area contributed by atoms with Gasteiger partial charge >= 0.3 is 0 Å². The molecule has 0 saturated heterocycles. The predicted octanol–water partition coefficient (Wildman–Crippen LogP) is 2.90. The molecule has 1 aromatic carbocycles. The van der Waals surface area contributed by atoms with Crippen molar-refractivity contribution in [3.05, 3.63) is 29.3 Å². The maximum Gasteiger partial charge on any atom is 0.0407 e. The minimum atomic E-state index is 0.339. The second kappa shape index (κ2) is 5.38. The summed E-state index contributed by atoms with van der Waals surface area (Å²) in [4.78, 5) is 2.30. The number of benzene rings is 1. The summed E-state index contributed by atoms with van der Waals surface area (Å²) in [5.41, 5.74) is 6.88. The van der Waals surface area contributed by atoms with Gasteiger partial charge in [-0.05, 0) is 45.0 Å². The molecule has 0 aliphatic carbocycles. The molecule has 1 unspecified atom stereocenters. The molecule has 0 aromatic heterocycles. The van der Waals surface area contributed by atoms with Crippen LogP contribution in [-0.2, 0) is 0 Å². The number of hydrogen-bond acceptors (Lipinski definition) is 2. The molecule has 0 aliphatic rings. The molecule has 0 aliphatic heterocycles. The lowest BCUT2D eigenvalue weighted by atomic mass is 10.1. The number of halogens is 1. The molecule has 0 fully saturated rings. The van der Waals surface area contributed by atoms with Gasteiger partial charge in [0.15, 0.2) is 0 Å². The second-order valence-corrected chi connectivity index (χ2v) is 4.50. The normalized spacial score (nSPS) is 12.9. The molecule has 1 rings (SSSR count). The maximum atomic E-state index is 5.87. The summed E-state index contributed by atoms with van der Waals surface area (Å²) in [5.74, 6) is 0. The van der Waals surface area contributed by atoms with Crippen LogP contribution in [0.3, 0.4) is 0 Å². The lowest BCUT2D eigenvalue weighted by Gasteiger charge is -2.34. The van der Waals surface area contributed by atoms with Crippen LogP contribution in [0, 0.1) is 0 Å². The Hall–Kier alpha value is -0.730. The third kappa shape index (κ3) is 3.11. The highest BCUT2D eigenvalue weighted by Crippen LogP contribution is 2.21. The molecule has 2 N–H and O–H groups in total. The Morgan fingerprint density at radius 3 is 2.13 bits per heavy atom. The number of hydrogen-bond donors (Lipinski definition) is 1. The standard InChI is InChI=1S/C12H19ClN2/c1-9(2)15(10(3)8-14)12-6-4-11(13)5-7-12/h4-7,9-10H,8,14H2,1-3H3. The largest absolute Gasteiger partial charge is 0.365 e. The zero-order valence-corrected chi connectivity index (χ0v) is 10.3. The number of nitrogens with zero attached hydrogens (tertiary/aromatic N) is 1. The fourth-order valence-electron chi connectivity index (χ4n) is 1.79. The Labute approximate surface area is 97.0 Å². The van der Waals surface area contributed by atoms with Crippen molar-refractivity contribution in [2.75, 3.05) is 11.4 Å². The summed E-state index contributed by atoms with van der Waals surface area (Å²) in [6, 6.07) is 8.67. The second-order valence-electron chi connectivity index (χ2n) is 4.06. The van der Waals surface area contributed by atoms with Gasteiger partial charge in [0.05, 0.1) is 0 Å². The average Bonchev–Trinajstić information content (AvgIpc) is 2.20. The monoisotopic (exact) mass is 226 g/mol. The zero-order chi connectivity index (χ0) is 11.4. The first-order valence-electron chi connectivity index (χ1n) is 5.30. The molecule has 0 saturated carbocycles. The van der Waals surface area contributed by atoms with Gasteiger partial charge in [-0.1, -0.05) is 11.6 Å². The molecule has 0 heterocycles. The highest BCUT2D eigenvalue weighted by molar-refractivity contribution is 6.30. The van der Waals surface area contributed by atoms with Crippen molar-refractivity contribution in [1.82, 2.24) is 0 Å². The van der Waals surface area contributed by atoms with Gasteiger partial charge in [-0.15, -0.1) is 0 Å². The van der Waals surface area contributed by atoms with Gasteiger partial charge in [0.1, 0.15) is 0 Å². The molecule has 0 radical (unpaired) electrons. The van der Waals surface area contributed by atoms with Crippen LogP contribution in [0.5, 0.6) is 0 Å². The van der Waals surface area contributed by atoms with Gasteiger partial charge in [0.2, 0.25) is 0 Å². The van der Waals surface area contributed by atoms with Crippen molar-refractivity contribution in [2.24, 2.45) is 5.73 Å². The smallest absolute Gasteiger partial charge is 0.0407 e. The summed E-state index contributed by atoms with van der Waals surface area (Å²) >= 11 is 5.87. The maximum absolute atomic E-state index is 5.87. The van der Waals surface area contributed by atoms with Crippen molar-refractivity contribution in [3.63, 3.8) is 0 Å². The third-order valence-electron chi connectivity index (χ3n) is 2.50. The van der Waals surface area contributed by atoms with E-state index in [1.807, 2.05) is 24.3 Å². The van der Waals surface area contributed by atoms with Gasteiger partial charge < -0.3 is 10.6 Å². The van der Waals surface area contributed by atoms with Gasteiger partial charge in [-0.25, -0.2) is 0 Å². The Bertz CT molecular complexity index is 295. The lowest BCUT2D eigenvalue weighted by Crippen LogP contribution is -2.43. The van der Waals surface area contributed by atoms with Crippen LogP contribution in [-0.4, -0.2) is 18.6 Å². The van der Waals surface area contributed by atoms with E-state index in [0.29, 0.717) is 18.6 Å².